The van der Waals surface area contributed by atoms with Crippen molar-refractivity contribution in [2.24, 2.45) is 0 Å². The molecule has 0 heterocycles. The van der Waals surface area contributed by atoms with Crippen molar-refractivity contribution in [2.75, 3.05) is 0 Å². The van der Waals surface area contributed by atoms with E-state index in [-0.39, 0.29) is 12.3 Å². The third-order valence-electron chi connectivity index (χ3n) is 4.25. The molecule has 0 rings (SSSR count). The number of carbonyl (C=O) groups is 1. The zero-order chi connectivity index (χ0) is 17.1. The lowest BCUT2D eigenvalue weighted by Gasteiger charge is -2.30. The summed E-state index contributed by atoms with van der Waals surface area (Å²) in [5.74, 6) is -0.268. The SMILES string of the molecule is CCCCCCCCCCCC(=O)NC(C)(CC)P(=O)(O)O. The van der Waals surface area contributed by atoms with Gasteiger partial charge < -0.3 is 15.1 Å². The highest BCUT2D eigenvalue weighted by atomic mass is 31.2. The molecule has 1 unspecified atom stereocenters. The van der Waals surface area contributed by atoms with E-state index in [0.717, 1.165) is 19.3 Å². The van der Waals surface area contributed by atoms with Crippen LogP contribution in [-0.4, -0.2) is 21.0 Å². The maximum Gasteiger partial charge on any atom is 0.350 e. The van der Waals surface area contributed by atoms with Crippen LogP contribution in [0.3, 0.4) is 0 Å². The second-order valence-corrected chi connectivity index (χ2v) is 8.37. The number of nitrogens with one attached hydrogen (secondary N) is 1. The highest BCUT2D eigenvalue weighted by Gasteiger charge is 2.41. The highest BCUT2D eigenvalue weighted by Crippen LogP contribution is 2.50. The molecule has 3 N–H and O–H groups in total. The monoisotopic (exact) mass is 335 g/mol. The molecule has 0 aromatic rings. The fourth-order valence-electron chi connectivity index (χ4n) is 2.33. The molecule has 0 aliphatic heterocycles. The molecule has 0 aromatic heterocycles. The Kier molecular flexibility index (Phi) is 11.0. The Bertz CT molecular complexity index is 356. The molecule has 0 aliphatic carbocycles. The number of amides is 1. The van der Waals surface area contributed by atoms with Crippen LogP contribution in [0.25, 0.3) is 0 Å². The van der Waals surface area contributed by atoms with Gasteiger partial charge in [0.1, 0.15) is 5.28 Å². The van der Waals surface area contributed by atoms with Crippen LogP contribution in [0.1, 0.15) is 91.4 Å². The standard InChI is InChI=1S/C16H34NO4P/c1-4-6-7-8-9-10-11-12-13-14-15(18)17-16(3,5-2)22(19,20)21/h4-14H2,1-3H3,(H,17,18)(H2,19,20,21). The molecule has 0 bridgehead atoms. The Labute approximate surface area is 135 Å². The van der Waals surface area contributed by atoms with Gasteiger partial charge in [0.05, 0.1) is 0 Å². The molecule has 1 amide bonds. The van der Waals surface area contributed by atoms with Crippen molar-refractivity contribution < 1.29 is 19.1 Å². The van der Waals surface area contributed by atoms with Crippen LogP contribution < -0.4 is 5.32 Å². The molecule has 22 heavy (non-hydrogen) atoms. The number of hydrogen-bond acceptors (Lipinski definition) is 2. The maximum atomic E-state index is 11.8. The van der Waals surface area contributed by atoms with Crippen LogP contribution in [0.4, 0.5) is 0 Å². The van der Waals surface area contributed by atoms with Gasteiger partial charge in [0.15, 0.2) is 0 Å². The molecule has 132 valence electrons. The van der Waals surface area contributed by atoms with E-state index in [1.807, 2.05) is 0 Å². The molecule has 0 saturated carbocycles. The van der Waals surface area contributed by atoms with E-state index in [9.17, 15) is 19.1 Å². The molecule has 0 spiro atoms. The summed E-state index contributed by atoms with van der Waals surface area (Å²) in [6.45, 7) is 5.28. The first-order chi connectivity index (χ1) is 10.3. The molecule has 0 fully saturated rings. The zero-order valence-corrected chi connectivity index (χ0v) is 15.3. The summed E-state index contributed by atoms with van der Waals surface area (Å²) < 4.78 is 11.4. The summed E-state index contributed by atoms with van der Waals surface area (Å²) in [7, 11) is -4.34. The quantitative estimate of drug-likeness (QED) is 0.345. The topological polar surface area (TPSA) is 86.6 Å². The van der Waals surface area contributed by atoms with E-state index in [4.69, 9.17) is 0 Å². The predicted octanol–water partition coefficient (Wildman–Crippen LogP) is 4.33. The van der Waals surface area contributed by atoms with Crippen molar-refractivity contribution in [1.82, 2.24) is 5.32 Å². The third kappa shape index (κ3) is 8.92. The van der Waals surface area contributed by atoms with Crippen LogP contribution >= 0.6 is 7.60 Å². The highest BCUT2D eigenvalue weighted by molar-refractivity contribution is 7.53. The molecule has 0 saturated heterocycles. The lowest BCUT2D eigenvalue weighted by molar-refractivity contribution is -0.122. The largest absolute Gasteiger partial charge is 0.350 e. The van der Waals surface area contributed by atoms with Crippen molar-refractivity contribution in [2.45, 2.75) is 96.7 Å². The van der Waals surface area contributed by atoms with Crippen LogP contribution in [0.5, 0.6) is 0 Å². The smallest absolute Gasteiger partial charge is 0.340 e. The van der Waals surface area contributed by atoms with E-state index in [2.05, 4.69) is 12.2 Å². The Balaban J connectivity index is 3.76. The number of hydrogen-bond donors (Lipinski definition) is 3. The van der Waals surface area contributed by atoms with Gasteiger partial charge in [0.25, 0.3) is 0 Å². The minimum absolute atomic E-state index is 0.209. The molecular weight excluding hydrogens is 301 g/mol. The molecule has 5 nitrogen and oxygen atoms in total. The fraction of sp³-hybridized carbons (Fsp3) is 0.938. The van der Waals surface area contributed by atoms with Gasteiger partial charge in [-0.3, -0.25) is 9.36 Å². The van der Waals surface area contributed by atoms with Gasteiger partial charge >= 0.3 is 7.60 Å². The van der Waals surface area contributed by atoms with Gasteiger partial charge in [-0.25, -0.2) is 0 Å². The van der Waals surface area contributed by atoms with Gasteiger partial charge in [0, 0.05) is 6.42 Å². The lowest BCUT2D eigenvalue weighted by Crippen LogP contribution is -2.45. The Morgan fingerprint density at radius 3 is 1.82 bits per heavy atom. The predicted molar refractivity (Wildman–Crippen MR) is 90.7 cm³/mol. The minimum Gasteiger partial charge on any atom is -0.340 e. The first kappa shape index (κ1) is 21.6. The van der Waals surface area contributed by atoms with E-state index in [1.54, 1.807) is 6.92 Å². The summed E-state index contributed by atoms with van der Waals surface area (Å²) in [5.41, 5.74) is 0. The minimum atomic E-state index is -4.34. The first-order valence-corrected chi connectivity index (χ1v) is 10.2. The van der Waals surface area contributed by atoms with E-state index >= 15 is 0 Å². The Morgan fingerprint density at radius 2 is 1.41 bits per heavy atom. The van der Waals surface area contributed by atoms with Gasteiger partial charge in [-0.15, -0.1) is 0 Å². The summed E-state index contributed by atoms with van der Waals surface area (Å²) in [5, 5.41) is 1.07. The summed E-state index contributed by atoms with van der Waals surface area (Å²) in [4.78, 5) is 30.4. The van der Waals surface area contributed by atoms with Crippen molar-refractivity contribution >= 4 is 13.5 Å². The van der Waals surface area contributed by atoms with E-state index in [0.29, 0.717) is 6.42 Å². The number of rotatable bonds is 13. The van der Waals surface area contributed by atoms with Gasteiger partial charge in [-0.1, -0.05) is 65.2 Å². The molecule has 0 aliphatic rings. The summed E-state index contributed by atoms with van der Waals surface area (Å²) in [6.07, 6.45) is 11.1. The average molecular weight is 335 g/mol. The van der Waals surface area contributed by atoms with Gasteiger partial charge in [-0.2, -0.15) is 0 Å². The normalized spacial score (nSPS) is 14.6. The van der Waals surface area contributed by atoms with Crippen LogP contribution in [0.2, 0.25) is 0 Å². The van der Waals surface area contributed by atoms with Crippen LogP contribution in [0, 0.1) is 0 Å². The molecule has 1 atom stereocenters. The number of unbranched alkanes of at least 4 members (excludes halogenated alkanes) is 8. The van der Waals surface area contributed by atoms with Crippen molar-refractivity contribution in [1.29, 1.82) is 0 Å². The Hall–Kier alpha value is -0.380. The zero-order valence-electron chi connectivity index (χ0n) is 14.4. The average Bonchev–Trinajstić information content (AvgIpc) is 2.44. The molecule has 0 aromatic carbocycles. The van der Waals surface area contributed by atoms with Crippen molar-refractivity contribution in [3.63, 3.8) is 0 Å². The second-order valence-electron chi connectivity index (χ2n) is 6.30. The van der Waals surface area contributed by atoms with E-state index in [1.165, 1.54) is 45.4 Å². The van der Waals surface area contributed by atoms with E-state index < -0.39 is 12.9 Å². The summed E-state index contributed by atoms with van der Waals surface area (Å²) >= 11 is 0. The maximum absolute atomic E-state index is 11.8. The van der Waals surface area contributed by atoms with Crippen LogP contribution in [0.15, 0.2) is 0 Å². The van der Waals surface area contributed by atoms with Gasteiger partial charge in [0.2, 0.25) is 5.91 Å². The second kappa shape index (κ2) is 11.2. The third-order valence-corrected chi connectivity index (χ3v) is 5.96. The van der Waals surface area contributed by atoms with Crippen LogP contribution in [-0.2, 0) is 9.36 Å². The number of carbonyl (C=O) groups excluding carboxylic acids is 1. The summed E-state index contributed by atoms with van der Waals surface area (Å²) in [6, 6.07) is 0. The molecule has 0 radical (unpaired) electrons. The fourth-order valence-corrected chi connectivity index (χ4v) is 3.01. The molecule has 6 heteroatoms. The lowest BCUT2D eigenvalue weighted by atomic mass is 10.1. The van der Waals surface area contributed by atoms with Crippen molar-refractivity contribution in [3.05, 3.63) is 0 Å². The van der Waals surface area contributed by atoms with Gasteiger partial charge in [-0.05, 0) is 19.8 Å². The first-order valence-electron chi connectivity index (χ1n) is 8.63. The molecular formula is C16H34NO4P. The van der Waals surface area contributed by atoms with Crippen molar-refractivity contribution in [3.8, 4) is 0 Å². The Morgan fingerprint density at radius 1 is 0.955 bits per heavy atom.